The van der Waals surface area contributed by atoms with Crippen molar-refractivity contribution in [1.82, 2.24) is 4.90 Å². The molecule has 1 amide bonds. The number of carboxylic acid groups (broad SMARTS) is 1. The molecule has 1 aliphatic rings. The van der Waals surface area contributed by atoms with Gasteiger partial charge in [-0.25, -0.2) is 4.79 Å². The molecular formula is C17H23NO3. The minimum atomic E-state index is -0.919. The molecule has 0 spiro atoms. The van der Waals surface area contributed by atoms with Gasteiger partial charge in [0.1, 0.15) is 6.04 Å². The zero-order valence-electron chi connectivity index (χ0n) is 13.1. The minimum absolute atomic E-state index is 0.173. The lowest BCUT2D eigenvalue weighted by Crippen LogP contribution is -2.56. The normalized spacial score (nSPS) is 21.1. The highest BCUT2D eigenvalue weighted by Crippen LogP contribution is 2.36. The maximum absolute atomic E-state index is 12.8. The van der Waals surface area contributed by atoms with Crippen molar-refractivity contribution >= 4 is 11.9 Å². The fourth-order valence-corrected chi connectivity index (χ4v) is 3.29. The monoisotopic (exact) mass is 289 g/mol. The number of aliphatic carboxylic acids is 1. The maximum Gasteiger partial charge on any atom is 0.326 e. The van der Waals surface area contributed by atoms with Gasteiger partial charge in [0, 0.05) is 12.1 Å². The third kappa shape index (κ3) is 2.94. The Bertz CT molecular complexity index is 577. The standard InChI is InChI=1S/C17H23NO3/c1-11-6-7-13(12(2)10-11)15(19)18-9-5-8-17(3,4)14(18)16(20)21/h6-7,10,14H,5,8-9H2,1-4H3,(H,20,21). The molecule has 2 rings (SSSR count). The maximum atomic E-state index is 12.8. The van der Waals surface area contributed by atoms with Crippen molar-refractivity contribution in [3.63, 3.8) is 0 Å². The summed E-state index contributed by atoms with van der Waals surface area (Å²) in [6, 6.07) is 4.89. The number of carboxylic acids is 1. The molecule has 0 saturated carbocycles. The second kappa shape index (κ2) is 5.51. The zero-order valence-corrected chi connectivity index (χ0v) is 13.1. The number of carbonyl (C=O) groups excluding carboxylic acids is 1. The average Bonchev–Trinajstić information content (AvgIpc) is 2.36. The predicted octanol–water partition coefficient (Wildman–Crippen LogP) is 3.02. The van der Waals surface area contributed by atoms with Gasteiger partial charge in [-0.2, -0.15) is 0 Å². The molecule has 0 bridgehead atoms. The summed E-state index contributed by atoms with van der Waals surface area (Å²) in [5.74, 6) is -1.09. The summed E-state index contributed by atoms with van der Waals surface area (Å²) in [6.07, 6.45) is 1.66. The van der Waals surface area contributed by atoms with Gasteiger partial charge >= 0.3 is 5.97 Å². The van der Waals surface area contributed by atoms with Crippen LogP contribution in [0.3, 0.4) is 0 Å². The second-order valence-corrected chi connectivity index (χ2v) is 6.65. The first kappa shape index (κ1) is 15.5. The van der Waals surface area contributed by atoms with E-state index in [0.29, 0.717) is 12.1 Å². The van der Waals surface area contributed by atoms with Crippen LogP contribution >= 0.6 is 0 Å². The number of hydrogen-bond acceptors (Lipinski definition) is 2. The van der Waals surface area contributed by atoms with Gasteiger partial charge in [-0.15, -0.1) is 0 Å². The molecule has 0 aliphatic carbocycles. The van der Waals surface area contributed by atoms with E-state index in [1.165, 1.54) is 4.90 Å². The Balaban J connectivity index is 2.38. The molecule has 21 heavy (non-hydrogen) atoms. The summed E-state index contributed by atoms with van der Waals surface area (Å²) in [6.45, 7) is 8.23. The van der Waals surface area contributed by atoms with Gasteiger partial charge in [0.2, 0.25) is 0 Å². The molecule has 1 aromatic carbocycles. The van der Waals surface area contributed by atoms with Crippen LogP contribution in [-0.2, 0) is 4.79 Å². The highest BCUT2D eigenvalue weighted by molar-refractivity contribution is 5.98. The highest BCUT2D eigenvalue weighted by Gasteiger charge is 2.44. The summed E-state index contributed by atoms with van der Waals surface area (Å²) in [7, 11) is 0. The molecule has 0 aromatic heterocycles. The molecule has 1 atom stereocenters. The lowest BCUT2D eigenvalue weighted by atomic mass is 9.76. The number of amides is 1. The molecule has 114 valence electrons. The minimum Gasteiger partial charge on any atom is -0.480 e. The Morgan fingerprint density at radius 1 is 1.29 bits per heavy atom. The summed E-state index contributed by atoms with van der Waals surface area (Å²) < 4.78 is 0. The lowest BCUT2D eigenvalue weighted by Gasteiger charge is -2.44. The second-order valence-electron chi connectivity index (χ2n) is 6.65. The SMILES string of the molecule is Cc1ccc(C(=O)N2CCCC(C)(C)C2C(=O)O)c(C)c1. The number of carbonyl (C=O) groups is 2. The molecule has 1 N–H and O–H groups in total. The van der Waals surface area contributed by atoms with Crippen LogP contribution < -0.4 is 0 Å². The Labute approximate surface area is 125 Å². The van der Waals surface area contributed by atoms with Crippen LogP contribution in [0, 0.1) is 19.3 Å². The van der Waals surface area contributed by atoms with Crippen molar-refractivity contribution in [1.29, 1.82) is 0 Å². The molecule has 1 unspecified atom stereocenters. The summed E-state index contributed by atoms with van der Waals surface area (Å²) >= 11 is 0. The van der Waals surface area contributed by atoms with E-state index < -0.39 is 17.4 Å². The summed E-state index contributed by atoms with van der Waals surface area (Å²) in [5, 5.41) is 9.56. The van der Waals surface area contributed by atoms with E-state index in [0.717, 1.165) is 24.0 Å². The van der Waals surface area contributed by atoms with E-state index >= 15 is 0 Å². The molecule has 4 nitrogen and oxygen atoms in total. The Morgan fingerprint density at radius 2 is 1.95 bits per heavy atom. The quantitative estimate of drug-likeness (QED) is 0.910. The van der Waals surface area contributed by atoms with Crippen molar-refractivity contribution in [3.05, 3.63) is 34.9 Å². The zero-order chi connectivity index (χ0) is 15.8. The number of benzene rings is 1. The number of nitrogens with zero attached hydrogens (tertiary/aromatic N) is 1. The van der Waals surface area contributed by atoms with Crippen LogP contribution in [0.25, 0.3) is 0 Å². The topological polar surface area (TPSA) is 57.6 Å². The van der Waals surface area contributed by atoms with Gasteiger partial charge in [-0.3, -0.25) is 4.79 Å². The number of rotatable bonds is 2. The molecule has 4 heteroatoms. The Kier molecular flexibility index (Phi) is 4.08. The first-order chi connectivity index (χ1) is 9.74. The molecular weight excluding hydrogens is 266 g/mol. The van der Waals surface area contributed by atoms with Gasteiger partial charge in [0.05, 0.1) is 0 Å². The van der Waals surface area contributed by atoms with Gasteiger partial charge in [0.15, 0.2) is 0 Å². The van der Waals surface area contributed by atoms with E-state index in [-0.39, 0.29) is 5.91 Å². The van der Waals surface area contributed by atoms with Crippen molar-refractivity contribution in [3.8, 4) is 0 Å². The molecule has 1 saturated heterocycles. The van der Waals surface area contributed by atoms with Crippen LogP contribution in [-0.4, -0.2) is 34.5 Å². The first-order valence-corrected chi connectivity index (χ1v) is 7.35. The smallest absolute Gasteiger partial charge is 0.326 e. The van der Waals surface area contributed by atoms with E-state index in [1.54, 1.807) is 6.07 Å². The third-order valence-electron chi connectivity index (χ3n) is 4.38. The van der Waals surface area contributed by atoms with Crippen molar-refractivity contribution in [2.75, 3.05) is 6.54 Å². The summed E-state index contributed by atoms with van der Waals surface area (Å²) in [4.78, 5) is 26.0. The van der Waals surface area contributed by atoms with Crippen LogP contribution in [0.5, 0.6) is 0 Å². The predicted molar refractivity (Wildman–Crippen MR) is 81.4 cm³/mol. The van der Waals surface area contributed by atoms with Crippen LogP contribution in [0.1, 0.15) is 48.2 Å². The molecule has 1 aliphatic heterocycles. The fraction of sp³-hybridized carbons (Fsp3) is 0.529. The number of likely N-dealkylation sites (tertiary alicyclic amines) is 1. The highest BCUT2D eigenvalue weighted by atomic mass is 16.4. The third-order valence-corrected chi connectivity index (χ3v) is 4.38. The average molecular weight is 289 g/mol. The number of piperidine rings is 1. The van der Waals surface area contributed by atoms with Crippen LogP contribution in [0.2, 0.25) is 0 Å². The molecule has 0 radical (unpaired) electrons. The van der Waals surface area contributed by atoms with Gasteiger partial charge < -0.3 is 10.0 Å². The van der Waals surface area contributed by atoms with Gasteiger partial charge in [-0.05, 0) is 43.7 Å². The van der Waals surface area contributed by atoms with Gasteiger partial charge in [-0.1, -0.05) is 31.5 Å². The molecule has 1 aromatic rings. The molecule has 1 fully saturated rings. The van der Waals surface area contributed by atoms with Crippen molar-refractivity contribution in [2.45, 2.75) is 46.6 Å². The van der Waals surface area contributed by atoms with Crippen LogP contribution in [0.15, 0.2) is 18.2 Å². The van der Waals surface area contributed by atoms with E-state index in [1.807, 2.05) is 39.8 Å². The van der Waals surface area contributed by atoms with E-state index in [2.05, 4.69) is 0 Å². The molecule has 1 heterocycles. The first-order valence-electron chi connectivity index (χ1n) is 7.35. The van der Waals surface area contributed by atoms with E-state index in [4.69, 9.17) is 0 Å². The van der Waals surface area contributed by atoms with E-state index in [9.17, 15) is 14.7 Å². The van der Waals surface area contributed by atoms with Gasteiger partial charge in [0.25, 0.3) is 5.91 Å². The summed E-state index contributed by atoms with van der Waals surface area (Å²) in [5.41, 5.74) is 2.19. The van der Waals surface area contributed by atoms with Crippen molar-refractivity contribution < 1.29 is 14.7 Å². The Morgan fingerprint density at radius 3 is 2.52 bits per heavy atom. The van der Waals surface area contributed by atoms with Crippen molar-refractivity contribution in [2.24, 2.45) is 5.41 Å². The van der Waals surface area contributed by atoms with Crippen LogP contribution in [0.4, 0.5) is 0 Å². The Hall–Kier alpha value is -1.84. The fourth-order valence-electron chi connectivity index (χ4n) is 3.29. The number of hydrogen-bond donors (Lipinski definition) is 1. The largest absolute Gasteiger partial charge is 0.480 e. The lowest BCUT2D eigenvalue weighted by molar-refractivity contribution is -0.148. The number of aryl methyl sites for hydroxylation is 2.